The molecule has 144 valence electrons. The molecule has 0 fully saturated rings. The van der Waals surface area contributed by atoms with E-state index in [1.54, 1.807) is 12.1 Å². The lowest BCUT2D eigenvalue weighted by Gasteiger charge is -2.38. The second-order valence-electron chi connectivity index (χ2n) is 7.27. The van der Waals surface area contributed by atoms with Crippen molar-refractivity contribution in [1.82, 2.24) is 5.01 Å². The van der Waals surface area contributed by atoms with Crippen molar-refractivity contribution in [1.29, 1.82) is 0 Å². The molecule has 3 heterocycles. The number of halogens is 1. The van der Waals surface area contributed by atoms with E-state index < -0.39 is 6.23 Å². The van der Waals surface area contributed by atoms with E-state index in [2.05, 4.69) is 6.07 Å². The summed E-state index contributed by atoms with van der Waals surface area (Å²) in [6.07, 6.45) is 0.333. The van der Waals surface area contributed by atoms with Crippen molar-refractivity contribution in [2.24, 2.45) is 5.10 Å². The first-order valence-electron chi connectivity index (χ1n) is 9.53. The lowest BCUT2D eigenvalue weighted by Crippen LogP contribution is -2.33. The summed E-state index contributed by atoms with van der Waals surface area (Å²) in [7, 11) is 0. The zero-order valence-electron chi connectivity index (χ0n) is 15.4. The first-order valence-corrected chi connectivity index (χ1v) is 9.53. The van der Waals surface area contributed by atoms with Crippen LogP contribution in [0.25, 0.3) is 0 Å². The SMILES string of the molecule is Fc1ccc([C@H]2Oc3ccccc3[C@H]3CC(c4ccc5c(c4)OCO5)=NN32)cc1. The summed E-state index contributed by atoms with van der Waals surface area (Å²) in [5.74, 6) is 2.06. The third-order valence-corrected chi connectivity index (χ3v) is 5.56. The van der Waals surface area contributed by atoms with Crippen LogP contribution in [-0.4, -0.2) is 17.5 Å². The Morgan fingerprint density at radius 3 is 2.62 bits per heavy atom. The minimum atomic E-state index is -0.415. The van der Waals surface area contributed by atoms with Gasteiger partial charge in [-0.05, 0) is 36.4 Å². The molecule has 2 atom stereocenters. The van der Waals surface area contributed by atoms with Gasteiger partial charge in [0.15, 0.2) is 11.5 Å². The highest BCUT2D eigenvalue weighted by atomic mass is 19.1. The van der Waals surface area contributed by atoms with Crippen LogP contribution in [0.4, 0.5) is 4.39 Å². The molecule has 6 heteroatoms. The maximum Gasteiger partial charge on any atom is 0.231 e. The quantitative estimate of drug-likeness (QED) is 0.633. The van der Waals surface area contributed by atoms with Crippen molar-refractivity contribution in [3.8, 4) is 17.2 Å². The Bertz CT molecular complexity index is 1130. The minimum Gasteiger partial charge on any atom is -0.464 e. The van der Waals surface area contributed by atoms with Crippen LogP contribution in [0, 0.1) is 5.82 Å². The smallest absolute Gasteiger partial charge is 0.231 e. The molecular weight excluding hydrogens is 371 g/mol. The molecule has 0 amide bonds. The van der Waals surface area contributed by atoms with Crippen LogP contribution < -0.4 is 14.2 Å². The monoisotopic (exact) mass is 388 g/mol. The summed E-state index contributed by atoms with van der Waals surface area (Å²) in [6.45, 7) is 0.244. The third-order valence-electron chi connectivity index (χ3n) is 5.56. The Morgan fingerprint density at radius 1 is 0.897 bits per heavy atom. The van der Waals surface area contributed by atoms with Crippen LogP contribution in [0.3, 0.4) is 0 Å². The number of hydrogen-bond acceptors (Lipinski definition) is 5. The lowest BCUT2D eigenvalue weighted by atomic mass is 9.96. The molecule has 5 nitrogen and oxygen atoms in total. The molecule has 3 aliphatic rings. The number of fused-ring (bicyclic) bond motifs is 4. The molecule has 3 aromatic rings. The van der Waals surface area contributed by atoms with Crippen LogP contribution in [0.5, 0.6) is 17.2 Å². The van der Waals surface area contributed by atoms with Crippen molar-refractivity contribution >= 4 is 5.71 Å². The molecule has 6 rings (SSSR count). The Kier molecular flexibility index (Phi) is 3.53. The second kappa shape index (κ2) is 6.24. The van der Waals surface area contributed by atoms with E-state index in [9.17, 15) is 4.39 Å². The number of ether oxygens (including phenoxy) is 3. The van der Waals surface area contributed by atoms with Gasteiger partial charge in [0.1, 0.15) is 11.6 Å². The van der Waals surface area contributed by atoms with Gasteiger partial charge in [0.05, 0.1) is 11.8 Å². The normalized spacial score (nSPS) is 21.3. The largest absolute Gasteiger partial charge is 0.464 e. The van der Waals surface area contributed by atoms with E-state index in [1.165, 1.54) is 12.1 Å². The molecule has 3 aliphatic heterocycles. The highest BCUT2D eigenvalue weighted by Crippen LogP contribution is 2.47. The van der Waals surface area contributed by atoms with Gasteiger partial charge in [-0.2, -0.15) is 5.10 Å². The summed E-state index contributed by atoms with van der Waals surface area (Å²) in [4.78, 5) is 0. The highest BCUT2D eigenvalue weighted by molar-refractivity contribution is 6.02. The standard InChI is InChI=1S/C23H17FN2O3/c24-16-8-5-14(6-9-16)23-26-19(17-3-1-2-4-20(17)29-23)12-18(25-26)15-7-10-21-22(11-15)28-13-27-21/h1-11,19,23H,12-13H2/t19-,23-/m1/s1. The van der Waals surface area contributed by atoms with Crippen LogP contribution >= 0.6 is 0 Å². The van der Waals surface area contributed by atoms with Gasteiger partial charge in [-0.1, -0.05) is 30.3 Å². The third kappa shape index (κ3) is 2.63. The summed E-state index contributed by atoms with van der Waals surface area (Å²) in [5.41, 5.74) is 3.92. The van der Waals surface area contributed by atoms with E-state index in [0.29, 0.717) is 0 Å². The fourth-order valence-corrected chi connectivity index (χ4v) is 4.13. The van der Waals surface area contributed by atoms with Crippen molar-refractivity contribution in [2.75, 3.05) is 6.79 Å². The van der Waals surface area contributed by atoms with E-state index >= 15 is 0 Å². The average molecular weight is 388 g/mol. The first kappa shape index (κ1) is 16.4. The highest BCUT2D eigenvalue weighted by Gasteiger charge is 2.41. The van der Waals surface area contributed by atoms with Gasteiger partial charge in [-0.25, -0.2) is 9.40 Å². The maximum atomic E-state index is 13.4. The van der Waals surface area contributed by atoms with Gasteiger partial charge >= 0.3 is 0 Å². The molecule has 0 saturated heterocycles. The zero-order chi connectivity index (χ0) is 19.4. The molecule has 0 radical (unpaired) electrons. The number of hydrazone groups is 1. The zero-order valence-corrected chi connectivity index (χ0v) is 15.4. The summed E-state index contributed by atoms with van der Waals surface area (Å²) in [5, 5.41) is 6.90. The minimum absolute atomic E-state index is 0.0513. The first-order chi connectivity index (χ1) is 14.3. The molecule has 0 bridgehead atoms. The Morgan fingerprint density at radius 2 is 1.72 bits per heavy atom. The van der Waals surface area contributed by atoms with Gasteiger partial charge in [0.25, 0.3) is 0 Å². The molecular formula is C23H17FN2O3. The van der Waals surface area contributed by atoms with E-state index in [0.717, 1.165) is 46.1 Å². The summed E-state index contributed by atoms with van der Waals surface area (Å²) >= 11 is 0. The Balaban J connectivity index is 1.42. The molecule has 0 aromatic heterocycles. The van der Waals surface area contributed by atoms with E-state index in [4.69, 9.17) is 19.3 Å². The van der Waals surface area contributed by atoms with Crippen molar-refractivity contribution in [3.63, 3.8) is 0 Å². The van der Waals surface area contributed by atoms with Gasteiger partial charge < -0.3 is 14.2 Å². The van der Waals surface area contributed by atoms with E-state index in [1.807, 2.05) is 41.4 Å². The lowest BCUT2D eigenvalue weighted by molar-refractivity contribution is -0.0190. The summed E-state index contributed by atoms with van der Waals surface area (Å²) < 4.78 is 30.7. The number of hydrogen-bond donors (Lipinski definition) is 0. The summed E-state index contributed by atoms with van der Waals surface area (Å²) in [6, 6.07) is 20.4. The second-order valence-corrected chi connectivity index (χ2v) is 7.27. The number of para-hydroxylation sites is 1. The molecule has 0 N–H and O–H groups in total. The van der Waals surface area contributed by atoms with Gasteiger partial charge in [0.2, 0.25) is 13.0 Å². The average Bonchev–Trinajstić information content (AvgIpc) is 3.40. The van der Waals surface area contributed by atoms with Crippen molar-refractivity contribution in [2.45, 2.75) is 18.7 Å². The molecule has 0 saturated carbocycles. The molecule has 29 heavy (non-hydrogen) atoms. The predicted molar refractivity (Wildman–Crippen MR) is 105 cm³/mol. The predicted octanol–water partition coefficient (Wildman–Crippen LogP) is 4.80. The Labute approximate surface area is 166 Å². The van der Waals surface area contributed by atoms with Crippen LogP contribution in [0.2, 0.25) is 0 Å². The molecule has 0 spiro atoms. The van der Waals surface area contributed by atoms with Crippen LogP contribution in [0.15, 0.2) is 71.8 Å². The number of nitrogens with zero attached hydrogens (tertiary/aromatic N) is 2. The topological polar surface area (TPSA) is 43.3 Å². The maximum absolute atomic E-state index is 13.4. The van der Waals surface area contributed by atoms with Crippen LogP contribution in [-0.2, 0) is 0 Å². The van der Waals surface area contributed by atoms with E-state index in [-0.39, 0.29) is 18.7 Å². The van der Waals surface area contributed by atoms with Crippen molar-refractivity contribution < 1.29 is 18.6 Å². The molecule has 3 aromatic carbocycles. The fraction of sp³-hybridized carbons (Fsp3) is 0.174. The van der Waals surface area contributed by atoms with Gasteiger partial charge in [0, 0.05) is 23.1 Å². The van der Waals surface area contributed by atoms with Crippen molar-refractivity contribution in [3.05, 3.63) is 89.2 Å². The van der Waals surface area contributed by atoms with Gasteiger partial charge in [-0.3, -0.25) is 0 Å². The molecule has 0 aliphatic carbocycles. The Hall–Kier alpha value is -3.54. The van der Waals surface area contributed by atoms with Gasteiger partial charge in [-0.15, -0.1) is 0 Å². The number of benzene rings is 3. The molecule has 0 unspecified atom stereocenters. The number of rotatable bonds is 2. The fourth-order valence-electron chi connectivity index (χ4n) is 4.13. The van der Waals surface area contributed by atoms with Crippen LogP contribution in [0.1, 0.15) is 35.4 Å².